The van der Waals surface area contributed by atoms with Crippen LogP contribution in [0.15, 0.2) is 47.4 Å². The molecular weight excluding hydrogens is 352 g/mol. The summed E-state index contributed by atoms with van der Waals surface area (Å²) in [6.07, 6.45) is 0.200. The first-order valence-corrected chi connectivity index (χ1v) is 10.6. The van der Waals surface area contributed by atoms with Crippen molar-refractivity contribution in [2.45, 2.75) is 11.3 Å². The molecule has 9 heteroatoms. The first-order valence-electron chi connectivity index (χ1n) is 7.28. The van der Waals surface area contributed by atoms with Crippen LogP contribution in [0.3, 0.4) is 0 Å². The number of hydrazine groups is 1. The summed E-state index contributed by atoms with van der Waals surface area (Å²) in [7, 11) is -7.15. The number of amides is 1. The Morgan fingerprint density at radius 3 is 2.46 bits per heavy atom. The van der Waals surface area contributed by atoms with Gasteiger partial charge in [0.1, 0.15) is 0 Å². The maximum Gasteiger partial charge on any atom is 0.257 e. The average molecular weight is 368 g/mol. The Hall–Kier alpha value is -1.97. The lowest BCUT2D eigenvalue weighted by Gasteiger charge is -2.11. The zero-order valence-corrected chi connectivity index (χ0v) is 14.2. The number of hydrogen-bond acceptors (Lipinski definition) is 5. The van der Waals surface area contributed by atoms with E-state index >= 15 is 0 Å². The smallest absolute Gasteiger partial charge is 0.257 e. The molecule has 1 amide bonds. The van der Waals surface area contributed by atoms with E-state index in [2.05, 4.69) is 5.43 Å². The lowest BCUT2D eigenvalue weighted by Crippen LogP contribution is -2.44. The monoisotopic (exact) mass is 368 g/mol. The Bertz CT molecular complexity index is 999. The Morgan fingerprint density at radius 2 is 1.79 bits per heavy atom. The lowest BCUT2D eigenvalue weighted by atomic mass is 10.1. The van der Waals surface area contributed by atoms with E-state index in [1.165, 1.54) is 12.1 Å². The molecule has 0 bridgehead atoms. The van der Waals surface area contributed by atoms with Crippen LogP contribution in [0.25, 0.3) is 10.8 Å². The van der Waals surface area contributed by atoms with Gasteiger partial charge in [0.2, 0.25) is 5.91 Å². The standard InChI is InChI=1S/C15H16N2O5S2/c18-15(13-7-8-23(19,20)10-13)16-17-24(21,22)14-6-5-11-3-1-2-4-12(11)9-14/h1-6,9,13,17H,7-8,10H2,(H,16,18)/t13-/m0/s1. The van der Waals surface area contributed by atoms with E-state index < -0.39 is 31.7 Å². The molecule has 7 nitrogen and oxygen atoms in total. The topological polar surface area (TPSA) is 109 Å². The minimum atomic E-state index is -3.94. The fourth-order valence-corrected chi connectivity index (χ4v) is 5.24. The van der Waals surface area contributed by atoms with Gasteiger partial charge in [0.05, 0.1) is 22.3 Å². The van der Waals surface area contributed by atoms with Gasteiger partial charge in [-0.15, -0.1) is 4.83 Å². The van der Waals surface area contributed by atoms with Crippen LogP contribution in [0.5, 0.6) is 0 Å². The van der Waals surface area contributed by atoms with Crippen LogP contribution in [0, 0.1) is 5.92 Å². The summed E-state index contributed by atoms with van der Waals surface area (Å²) in [6, 6.07) is 11.9. The van der Waals surface area contributed by atoms with Crippen molar-refractivity contribution in [1.82, 2.24) is 10.3 Å². The van der Waals surface area contributed by atoms with Crippen molar-refractivity contribution in [2.75, 3.05) is 11.5 Å². The Labute approximate surface area is 140 Å². The van der Waals surface area contributed by atoms with Crippen LogP contribution in [0.1, 0.15) is 6.42 Å². The van der Waals surface area contributed by atoms with Gasteiger partial charge in [-0.05, 0) is 29.3 Å². The van der Waals surface area contributed by atoms with Crippen LogP contribution in [-0.2, 0) is 24.7 Å². The molecule has 0 aliphatic carbocycles. The van der Waals surface area contributed by atoms with Crippen LogP contribution >= 0.6 is 0 Å². The minimum absolute atomic E-state index is 0.0144. The van der Waals surface area contributed by atoms with Gasteiger partial charge in [-0.3, -0.25) is 10.2 Å². The molecule has 0 saturated carbocycles. The van der Waals surface area contributed by atoms with Crippen molar-refractivity contribution in [3.8, 4) is 0 Å². The second kappa shape index (κ2) is 6.15. The molecule has 128 valence electrons. The first kappa shape index (κ1) is 16.9. The molecule has 1 aliphatic rings. The summed E-state index contributed by atoms with van der Waals surface area (Å²) < 4.78 is 47.3. The van der Waals surface area contributed by atoms with Gasteiger partial charge >= 0.3 is 0 Å². The van der Waals surface area contributed by atoms with Gasteiger partial charge in [0.15, 0.2) is 9.84 Å². The number of sulfonamides is 1. The van der Waals surface area contributed by atoms with Crippen molar-refractivity contribution < 1.29 is 21.6 Å². The van der Waals surface area contributed by atoms with E-state index in [1.807, 2.05) is 17.0 Å². The summed E-state index contributed by atoms with van der Waals surface area (Å²) in [5.41, 5.74) is 2.11. The second-order valence-electron chi connectivity index (χ2n) is 5.70. The number of carbonyl (C=O) groups excluding carboxylic acids is 1. The molecule has 2 aromatic rings. The predicted octanol–water partition coefficient (Wildman–Crippen LogP) is 0.584. The maximum atomic E-state index is 12.3. The fraction of sp³-hybridized carbons (Fsp3) is 0.267. The molecule has 0 unspecified atom stereocenters. The third kappa shape index (κ3) is 3.58. The zero-order chi connectivity index (χ0) is 17.4. The Morgan fingerprint density at radius 1 is 1.08 bits per heavy atom. The number of rotatable bonds is 4. The summed E-state index contributed by atoms with van der Waals surface area (Å²) in [5, 5.41) is 1.66. The predicted molar refractivity (Wildman–Crippen MR) is 89.2 cm³/mol. The molecule has 0 radical (unpaired) electrons. The highest BCUT2D eigenvalue weighted by molar-refractivity contribution is 7.91. The van der Waals surface area contributed by atoms with Crippen LogP contribution in [-0.4, -0.2) is 34.2 Å². The molecule has 1 atom stereocenters. The van der Waals surface area contributed by atoms with E-state index in [0.717, 1.165) is 10.8 Å². The van der Waals surface area contributed by atoms with E-state index in [9.17, 15) is 21.6 Å². The number of fused-ring (bicyclic) bond motifs is 1. The third-order valence-electron chi connectivity index (χ3n) is 3.94. The molecule has 1 aliphatic heterocycles. The number of nitrogens with one attached hydrogen (secondary N) is 2. The Balaban J connectivity index is 1.72. The Kier molecular flexibility index (Phi) is 4.33. The summed E-state index contributed by atoms with van der Waals surface area (Å²) in [4.78, 5) is 14.0. The quantitative estimate of drug-likeness (QED) is 0.768. The molecule has 2 N–H and O–H groups in total. The highest BCUT2D eigenvalue weighted by atomic mass is 32.2. The number of carbonyl (C=O) groups is 1. The van der Waals surface area contributed by atoms with Crippen molar-refractivity contribution in [3.05, 3.63) is 42.5 Å². The normalized spacial score (nSPS) is 20.1. The molecule has 24 heavy (non-hydrogen) atoms. The maximum absolute atomic E-state index is 12.3. The summed E-state index contributed by atoms with van der Waals surface area (Å²) in [5.74, 6) is -1.67. The van der Waals surface area contributed by atoms with Crippen LogP contribution in [0.4, 0.5) is 0 Å². The number of hydrogen-bond donors (Lipinski definition) is 2. The highest BCUT2D eigenvalue weighted by Crippen LogP contribution is 2.20. The van der Waals surface area contributed by atoms with Gasteiger partial charge in [-0.2, -0.15) is 0 Å². The van der Waals surface area contributed by atoms with Gasteiger partial charge in [0.25, 0.3) is 10.0 Å². The van der Waals surface area contributed by atoms with Crippen LogP contribution in [0.2, 0.25) is 0 Å². The van der Waals surface area contributed by atoms with Crippen molar-refractivity contribution in [3.63, 3.8) is 0 Å². The van der Waals surface area contributed by atoms with Crippen molar-refractivity contribution in [1.29, 1.82) is 0 Å². The van der Waals surface area contributed by atoms with E-state index in [-0.39, 0.29) is 22.8 Å². The number of benzene rings is 2. The van der Waals surface area contributed by atoms with E-state index in [0.29, 0.717) is 0 Å². The second-order valence-corrected chi connectivity index (χ2v) is 9.61. The van der Waals surface area contributed by atoms with E-state index in [1.54, 1.807) is 18.2 Å². The molecule has 3 rings (SSSR count). The third-order valence-corrected chi connectivity index (χ3v) is 6.96. The van der Waals surface area contributed by atoms with Gasteiger partial charge in [-0.25, -0.2) is 16.8 Å². The first-order chi connectivity index (χ1) is 11.3. The SMILES string of the molecule is O=C(NNS(=O)(=O)c1ccc2ccccc2c1)[C@H]1CCS(=O)(=O)C1. The number of sulfone groups is 1. The van der Waals surface area contributed by atoms with Crippen molar-refractivity contribution in [2.24, 2.45) is 5.92 Å². The molecule has 1 fully saturated rings. The molecule has 0 spiro atoms. The minimum Gasteiger partial charge on any atom is -0.277 e. The molecule has 1 heterocycles. The average Bonchev–Trinajstić information content (AvgIpc) is 2.92. The highest BCUT2D eigenvalue weighted by Gasteiger charge is 2.33. The molecule has 1 saturated heterocycles. The van der Waals surface area contributed by atoms with Crippen LogP contribution < -0.4 is 10.3 Å². The van der Waals surface area contributed by atoms with Gasteiger partial charge in [-0.1, -0.05) is 30.3 Å². The molecule has 2 aromatic carbocycles. The van der Waals surface area contributed by atoms with Gasteiger partial charge < -0.3 is 0 Å². The molecule has 0 aromatic heterocycles. The van der Waals surface area contributed by atoms with Crippen molar-refractivity contribution >= 4 is 36.5 Å². The molecular formula is C15H16N2O5S2. The zero-order valence-electron chi connectivity index (χ0n) is 12.6. The fourth-order valence-electron chi connectivity index (χ4n) is 2.61. The summed E-state index contributed by atoms with van der Waals surface area (Å²) in [6.45, 7) is 0. The van der Waals surface area contributed by atoms with E-state index in [4.69, 9.17) is 0 Å². The lowest BCUT2D eigenvalue weighted by molar-refractivity contribution is -0.124. The summed E-state index contributed by atoms with van der Waals surface area (Å²) >= 11 is 0. The largest absolute Gasteiger partial charge is 0.277 e. The van der Waals surface area contributed by atoms with Gasteiger partial charge in [0, 0.05) is 0 Å².